The summed E-state index contributed by atoms with van der Waals surface area (Å²) in [6.07, 6.45) is 0.301. The number of rotatable bonds is 10. The molecule has 0 unspecified atom stereocenters. The third-order valence-electron chi connectivity index (χ3n) is 2.78. The average Bonchev–Trinajstić information content (AvgIpc) is 2.40. The average molecular weight is 368 g/mol. The van der Waals surface area contributed by atoms with Gasteiger partial charge in [0.15, 0.2) is 0 Å². The summed E-state index contributed by atoms with van der Waals surface area (Å²) < 4.78 is 70.4. The molecule has 0 spiro atoms. The SMILES string of the molecule is Cc1ccc(OCCCS(=O)(=O)O)cc1OCCCS(=O)(=O)O. The highest BCUT2D eigenvalue weighted by Crippen LogP contribution is 2.24. The molecule has 0 atom stereocenters. The predicted molar refractivity (Wildman–Crippen MR) is 84.2 cm³/mol. The number of ether oxygens (including phenoxy) is 2. The van der Waals surface area contributed by atoms with Gasteiger partial charge in [-0.3, -0.25) is 9.11 Å². The van der Waals surface area contributed by atoms with Crippen molar-refractivity contribution in [1.82, 2.24) is 0 Å². The van der Waals surface area contributed by atoms with Crippen LogP contribution in [-0.4, -0.2) is 50.7 Å². The fourth-order valence-corrected chi connectivity index (χ4v) is 2.65. The Morgan fingerprint density at radius 3 is 1.96 bits per heavy atom. The second-order valence-corrected chi connectivity index (χ2v) is 8.05. The summed E-state index contributed by atoms with van der Waals surface area (Å²) in [5, 5.41) is 0. The first-order chi connectivity index (χ1) is 10.6. The molecule has 0 heterocycles. The zero-order valence-electron chi connectivity index (χ0n) is 12.6. The monoisotopic (exact) mass is 368 g/mol. The van der Waals surface area contributed by atoms with E-state index in [1.165, 1.54) is 0 Å². The lowest BCUT2D eigenvalue weighted by atomic mass is 10.2. The van der Waals surface area contributed by atoms with Crippen LogP contribution in [0.4, 0.5) is 0 Å². The van der Waals surface area contributed by atoms with Crippen LogP contribution in [-0.2, 0) is 20.2 Å². The van der Waals surface area contributed by atoms with Crippen molar-refractivity contribution in [2.75, 3.05) is 24.7 Å². The van der Waals surface area contributed by atoms with Crippen molar-refractivity contribution >= 4 is 20.2 Å². The van der Waals surface area contributed by atoms with Crippen LogP contribution in [0, 0.1) is 6.92 Å². The lowest BCUT2D eigenvalue weighted by molar-refractivity contribution is 0.299. The molecule has 0 radical (unpaired) electrons. The highest BCUT2D eigenvalue weighted by molar-refractivity contribution is 7.86. The molecule has 0 aliphatic rings. The first kappa shape index (κ1) is 19.7. The highest BCUT2D eigenvalue weighted by atomic mass is 32.2. The molecule has 1 aromatic carbocycles. The Hall–Kier alpha value is -1.36. The lowest BCUT2D eigenvalue weighted by Gasteiger charge is -2.11. The van der Waals surface area contributed by atoms with E-state index in [2.05, 4.69) is 0 Å². The molecule has 1 rings (SSSR count). The van der Waals surface area contributed by atoms with Gasteiger partial charge < -0.3 is 9.47 Å². The van der Waals surface area contributed by atoms with Crippen LogP contribution in [0.1, 0.15) is 18.4 Å². The third kappa shape index (κ3) is 9.39. The first-order valence-corrected chi connectivity index (χ1v) is 10.1. The number of benzene rings is 1. The van der Waals surface area contributed by atoms with Gasteiger partial charge >= 0.3 is 0 Å². The Bertz CT molecular complexity index is 709. The molecule has 23 heavy (non-hydrogen) atoms. The summed E-state index contributed by atoms with van der Waals surface area (Å²) >= 11 is 0. The minimum Gasteiger partial charge on any atom is -0.493 e. The molecule has 10 heteroatoms. The Morgan fingerprint density at radius 1 is 0.913 bits per heavy atom. The minimum atomic E-state index is -4.00. The van der Waals surface area contributed by atoms with Gasteiger partial charge in [0.1, 0.15) is 11.5 Å². The Balaban J connectivity index is 2.48. The Labute approximate surface area is 135 Å². The van der Waals surface area contributed by atoms with Gasteiger partial charge in [0.05, 0.1) is 24.7 Å². The number of hydrogen-bond donors (Lipinski definition) is 2. The molecule has 0 fully saturated rings. The van der Waals surface area contributed by atoms with Gasteiger partial charge in [0, 0.05) is 6.07 Å². The van der Waals surface area contributed by atoms with Crippen molar-refractivity contribution in [2.24, 2.45) is 0 Å². The number of aryl methyl sites for hydroxylation is 1. The molecule has 1 aromatic rings. The molecule has 0 aliphatic carbocycles. The summed E-state index contributed by atoms with van der Waals surface area (Å²) in [6, 6.07) is 5.04. The quantitative estimate of drug-likeness (QED) is 0.467. The van der Waals surface area contributed by atoms with Crippen molar-refractivity contribution in [3.05, 3.63) is 23.8 Å². The van der Waals surface area contributed by atoms with E-state index in [4.69, 9.17) is 18.6 Å². The van der Waals surface area contributed by atoms with Crippen LogP contribution < -0.4 is 9.47 Å². The van der Waals surface area contributed by atoms with Crippen LogP contribution in [0.15, 0.2) is 18.2 Å². The van der Waals surface area contributed by atoms with Gasteiger partial charge in [-0.25, -0.2) is 0 Å². The van der Waals surface area contributed by atoms with Crippen molar-refractivity contribution in [1.29, 1.82) is 0 Å². The van der Waals surface area contributed by atoms with E-state index >= 15 is 0 Å². The normalized spacial score (nSPS) is 12.1. The molecule has 2 N–H and O–H groups in total. The molecule has 0 amide bonds. The summed E-state index contributed by atoms with van der Waals surface area (Å²) in [4.78, 5) is 0. The summed E-state index contributed by atoms with van der Waals surface area (Å²) in [6.45, 7) is 2.04. The van der Waals surface area contributed by atoms with Crippen molar-refractivity contribution in [3.63, 3.8) is 0 Å². The Kier molecular flexibility index (Phi) is 7.26. The van der Waals surface area contributed by atoms with Crippen molar-refractivity contribution < 1.29 is 35.4 Å². The van der Waals surface area contributed by atoms with E-state index in [0.717, 1.165) is 5.56 Å². The van der Waals surface area contributed by atoms with Gasteiger partial charge in [-0.2, -0.15) is 16.8 Å². The molecule has 0 aliphatic heterocycles. The maximum absolute atomic E-state index is 10.6. The van der Waals surface area contributed by atoms with E-state index in [1.807, 2.05) is 0 Å². The second kappa shape index (κ2) is 8.48. The smallest absolute Gasteiger partial charge is 0.264 e. The van der Waals surface area contributed by atoms with Gasteiger partial charge in [0.2, 0.25) is 0 Å². The topological polar surface area (TPSA) is 127 Å². The van der Waals surface area contributed by atoms with Crippen molar-refractivity contribution in [2.45, 2.75) is 19.8 Å². The lowest BCUT2D eigenvalue weighted by Crippen LogP contribution is -2.09. The van der Waals surface area contributed by atoms with E-state index in [-0.39, 0.29) is 37.6 Å². The largest absolute Gasteiger partial charge is 0.493 e. The molecular weight excluding hydrogens is 348 g/mol. The van der Waals surface area contributed by atoms with Gasteiger partial charge in [0.25, 0.3) is 20.2 Å². The molecule has 132 valence electrons. The summed E-state index contributed by atoms with van der Waals surface area (Å²) in [5.74, 6) is 0.221. The van der Waals surface area contributed by atoms with Crippen LogP contribution in [0.2, 0.25) is 0 Å². The van der Waals surface area contributed by atoms with Crippen molar-refractivity contribution in [3.8, 4) is 11.5 Å². The first-order valence-electron chi connectivity index (χ1n) is 6.83. The number of hydrogen-bond acceptors (Lipinski definition) is 6. The maximum atomic E-state index is 10.6. The standard InChI is InChI=1S/C13H20O8S2/c1-11-4-5-12(20-6-2-8-22(14,15)16)10-13(11)21-7-3-9-23(17,18)19/h4-5,10H,2-3,6-9H2,1H3,(H,14,15,16)(H,17,18,19). The fourth-order valence-electron chi connectivity index (χ4n) is 1.68. The van der Waals surface area contributed by atoms with E-state index in [0.29, 0.717) is 11.5 Å². The summed E-state index contributed by atoms with van der Waals surface area (Å²) in [5.41, 5.74) is 0.821. The highest BCUT2D eigenvalue weighted by Gasteiger charge is 2.07. The third-order valence-corrected chi connectivity index (χ3v) is 4.39. The zero-order chi connectivity index (χ0) is 17.5. The van der Waals surface area contributed by atoms with Crippen LogP contribution in [0.5, 0.6) is 11.5 Å². The molecule has 0 aromatic heterocycles. The Morgan fingerprint density at radius 2 is 1.43 bits per heavy atom. The van der Waals surface area contributed by atoms with E-state index in [1.54, 1.807) is 25.1 Å². The van der Waals surface area contributed by atoms with Gasteiger partial charge in [-0.05, 0) is 31.4 Å². The summed E-state index contributed by atoms with van der Waals surface area (Å²) in [7, 11) is -7.99. The molecule has 0 saturated carbocycles. The zero-order valence-corrected chi connectivity index (χ0v) is 14.3. The molecule has 0 bridgehead atoms. The van der Waals surface area contributed by atoms with Gasteiger partial charge in [-0.15, -0.1) is 0 Å². The minimum absolute atomic E-state index is 0.116. The molecule has 8 nitrogen and oxygen atoms in total. The molecule has 0 saturated heterocycles. The van der Waals surface area contributed by atoms with Gasteiger partial charge in [-0.1, -0.05) is 6.07 Å². The van der Waals surface area contributed by atoms with Crippen LogP contribution in [0.3, 0.4) is 0 Å². The fraction of sp³-hybridized carbons (Fsp3) is 0.538. The van der Waals surface area contributed by atoms with Crippen LogP contribution in [0.25, 0.3) is 0 Å². The molecular formula is C13H20O8S2. The predicted octanol–water partition coefficient (Wildman–Crippen LogP) is 1.31. The van der Waals surface area contributed by atoms with E-state index < -0.39 is 20.2 Å². The van der Waals surface area contributed by atoms with Crippen LogP contribution >= 0.6 is 0 Å². The maximum Gasteiger partial charge on any atom is 0.264 e. The second-order valence-electron chi connectivity index (χ2n) is 4.90. The van der Waals surface area contributed by atoms with E-state index in [9.17, 15) is 16.8 Å².